The van der Waals surface area contributed by atoms with E-state index in [9.17, 15) is 18.8 Å². The highest BCUT2D eigenvalue weighted by molar-refractivity contribution is 8.00. The number of thiophene rings is 1. The first kappa shape index (κ1) is 29.7. The van der Waals surface area contributed by atoms with Gasteiger partial charge in [-0.2, -0.15) is 0 Å². The fraction of sp³-hybridized carbons (Fsp3) is 0.464. The SMILES string of the molecule is CCCCn1c(CNC(=O)c2cccc(F)c2)nnc1SC(C)C(=O)Nc1sc2c(c1C(=O)OCC)CCCC2. The standard InChI is InChI=1S/C28H34FN5O4S2/c1-4-6-14-34-22(16-30-25(36)18-10-9-11-19(29)15-18)32-33-28(34)39-17(3)24(35)31-26-23(27(37)38-5-2)20-12-7-8-13-21(20)40-26/h9-11,15,17H,4-8,12-14,16H2,1-3H3,(H,30,36)(H,31,35). The second-order valence-corrected chi connectivity index (χ2v) is 11.9. The number of ether oxygens (including phenoxy) is 1. The third kappa shape index (κ3) is 7.08. The first-order valence-electron chi connectivity index (χ1n) is 13.6. The molecule has 1 unspecified atom stereocenters. The highest BCUT2D eigenvalue weighted by Gasteiger charge is 2.29. The van der Waals surface area contributed by atoms with Crippen molar-refractivity contribution in [1.29, 1.82) is 0 Å². The second kappa shape index (κ2) is 13.9. The number of halogens is 1. The average molecular weight is 588 g/mol. The van der Waals surface area contributed by atoms with Crippen LogP contribution in [0.4, 0.5) is 9.39 Å². The van der Waals surface area contributed by atoms with E-state index in [1.165, 1.54) is 41.3 Å². The van der Waals surface area contributed by atoms with Gasteiger partial charge >= 0.3 is 5.97 Å². The Labute approximate surface area is 241 Å². The number of fused-ring (bicyclic) bond motifs is 1. The lowest BCUT2D eigenvalue weighted by Crippen LogP contribution is -2.25. The minimum absolute atomic E-state index is 0.108. The van der Waals surface area contributed by atoms with Gasteiger partial charge in [-0.25, -0.2) is 9.18 Å². The van der Waals surface area contributed by atoms with Gasteiger partial charge in [-0.3, -0.25) is 9.59 Å². The summed E-state index contributed by atoms with van der Waals surface area (Å²) >= 11 is 2.72. The molecule has 3 aromatic rings. The van der Waals surface area contributed by atoms with Gasteiger partial charge in [0.1, 0.15) is 10.8 Å². The van der Waals surface area contributed by atoms with Crippen molar-refractivity contribution in [2.45, 2.75) is 82.8 Å². The number of benzene rings is 1. The summed E-state index contributed by atoms with van der Waals surface area (Å²) in [6.07, 6.45) is 5.57. The van der Waals surface area contributed by atoms with E-state index in [1.54, 1.807) is 19.9 Å². The van der Waals surface area contributed by atoms with E-state index >= 15 is 0 Å². The molecule has 0 spiro atoms. The van der Waals surface area contributed by atoms with Crippen LogP contribution in [0.15, 0.2) is 29.4 Å². The van der Waals surface area contributed by atoms with E-state index < -0.39 is 22.9 Å². The maximum atomic E-state index is 13.5. The Balaban J connectivity index is 1.46. The van der Waals surface area contributed by atoms with E-state index in [4.69, 9.17) is 4.74 Å². The molecule has 214 valence electrons. The van der Waals surface area contributed by atoms with Gasteiger partial charge in [0.05, 0.1) is 24.0 Å². The largest absolute Gasteiger partial charge is 0.462 e. The van der Waals surface area contributed by atoms with Crippen LogP contribution in [0.3, 0.4) is 0 Å². The lowest BCUT2D eigenvalue weighted by Gasteiger charge is -2.14. The van der Waals surface area contributed by atoms with Crippen molar-refractivity contribution in [1.82, 2.24) is 20.1 Å². The third-order valence-electron chi connectivity index (χ3n) is 6.56. The van der Waals surface area contributed by atoms with E-state index in [0.29, 0.717) is 28.1 Å². The zero-order valence-electron chi connectivity index (χ0n) is 22.9. The van der Waals surface area contributed by atoms with Crippen molar-refractivity contribution in [3.8, 4) is 0 Å². The van der Waals surface area contributed by atoms with Gasteiger partial charge < -0.3 is 19.9 Å². The minimum atomic E-state index is -0.534. The number of unbranched alkanes of at least 4 members (excludes halogenated alkanes) is 1. The zero-order chi connectivity index (χ0) is 28.6. The van der Waals surface area contributed by atoms with E-state index in [-0.39, 0.29) is 24.6 Å². The number of hydrogen-bond acceptors (Lipinski definition) is 8. The molecule has 0 saturated heterocycles. The summed E-state index contributed by atoms with van der Waals surface area (Å²) in [5, 5.41) is 14.9. The summed E-state index contributed by atoms with van der Waals surface area (Å²) in [6.45, 7) is 6.61. The lowest BCUT2D eigenvalue weighted by molar-refractivity contribution is -0.115. The Morgan fingerprint density at radius 3 is 2.75 bits per heavy atom. The first-order valence-corrected chi connectivity index (χ1v) is 15.3. The molecule has 0 radical (unpaired) electrons. The number of thioether (sulfide) groups is 1. The number of esters is 1. The van der Waals surface area contributed by atoms with Gasteiger partial charge in [0.25, 0.3) is 5.91 Å². The number of anilines is 1. The molecular formula is C28H34FN5O4S2. The van der Waals surface area contributed by atoms with Crippen molar-refractivity contribution in [2.24, 2.45) is 0 Å². The van der Waals surface area contributed by atoms with Crippen LogP contribution in [0.1, 0.15) is 83.4 Å². The molecule has 2 heterocycles. The number of hydrogen-bond donors (Lipinski definition) is 2. The molecule has 9 nitrogen and oxygen atoms in total. The number of rotatable bonds is 12. The van der Waals surface area contributed by atoms with Crippen LogP contribution >= 0.6 is 23.1 Å². The van der Waals surface area contributed by atoms with Gasteiger partial charge in [0.15, 0.2) is 11.0 Å². The summed E-state index contributed by atoms with van der Waals surface area (Å²) in [5.74, 6) is -1.00. The molecule has 0 bridgehead atoms. The van der Waals surface area contributed by atoms with Crippen molar-refractivity contribution >= 4 is 45.9 Å². The molecule has 12 heteroatoms. The molecule has 2 N–H and O–H groups in total. The molecule has 0 saturated carbocycles. The minimum Gasteiger partial charge on any atom is -0.462 e. The molecule has 1 atom stereocenters. The maximum Gasteiger partial charge on any atom is 0.341 e. The number of nitrogens with one attached hydrogen (secondary N) is 2. The summed E-state index contributed by atoms with van der Waals surface area (Å²) in [6, 6.07) is 5.48. The molecule has 40 heavy (non-hydrogen) atoms. The quantitative estimate of drug-likeness (QED) is 0.216. The number of nitrogens with zero attached hydrogens (tertiary/aromatic N) is 3. The van der Waals surface area contributed by atoms with Crippen LogP contribution in [-0.4, -0.2) is 44.4 Å². The van der Waals surface area contributed by atoms with Crippen molar-refractivity contribution in [3.05, 3.63) is 57.5 Å². The number of carbonyl (C=O) groups is 3. The van der Waals surface area contributed by atoms with Crippen molar-refractivity contribution in [3.63, 3.8) is 0 Å². The molecule has 2 amide bonds. The third-order valence-corrected chi connectivity index (χ3v) is 8.85. The van der Waals surface area contributed by atoms with E-state index in [1.807, 2.05) is 4.57 Å². The summed E-state index contributed by atoms with van der Waals surface area (Å²) < 4.78 is 20.7. The van der Waals surface area contributed by atoms with Gasteiger partial charge in [-0.1, -0.05) is 31.2 Å². The first-order chi connectivity index (χ1) is 19.3. The van der Waals surface area contributed by atoms with E-state index in [0.717, 1.165) is 49.0 Å². The Morgan fingerprint density at radius 1 is 1.20 bits per heavy atom. The van der Waals surface area contributed by atoms with Gasteiger partial charge in [-0.05, 0) is 69.7 Å². The molecule has 1 aliphatic carbocycles. The Hall–Kier alpha value is -3.25. The summed E-state index contributed by atoms with van der Waals surface area (Å²) in [4.78, 5) is 39.7. The monoisotopic (exact) mass is 587 g/mol. The van der Waals surface area contributed by atoms with E-state index in [2.05, 4.69) is 27.8 Å². The molecule has 1 aromatic carbocycles. The topological polar surface area (TPSA) is 115 Å². The highest BCUT2D eigenvalue weighted by Crippen LogP contribution is 2.39. The molecular weight excluding hydrogens is 553 g/mol. The number of aryl methyl sites for hydroxylation is 1. The normalized spacial score (nSPS) is 13.4. The molecule has 0 fully saturated rings. The predicted molar refractivity (Wildman–Crippen MR) is 153 cm³/mol. The van der Waals surface area contributed by atoms with Crippen LogP contribution in [-0.2, 0) is 35.5 Å². The fourth-order valence-electron chi connectivity index (χ4n) is 4.47. The molecule has 4 rings (SSSR count). The van der Waals surface area contributed by atoms with Crippen LogP contribution < -0.4 is 10.6 Å². The van der Waals surface area contributed by atoms with Gasteiger partial charge in [0, 0.05) is 17.0 Å². The zero-order valence-corrected chi connectivity index (χ0v) is 24.6. The summed E-state index contributed by atoms with van der Waals surface area (Å²) in [7, 11) is 0. The number of amides is 2. The number of aromatic nitrogens is 3. The smallest absolute Gasteiger partial charge is 0.341 e. The molecule has 0 aliphatic heterocycles. The van der Waals surface area contributed by atoms with Gasteiger partial charge in [0.2, 0.25) is 5.91 Å². The van der Waals surface area contributed by atoms with Gasteiger partial charge in [-0.15, -0.1) is 21.5 Å². The van der Waals surface area contributed by atoms with Crippen molar-refractivity contribution in [2.75, 3.05) is 11.9 Å². The predicted octanol–water partition coefficient (Wildman–Crippen LogP) is 5.38. The highest BCUT2D eigenvalue weighted by atomic mass is 32.2. The van der Waals surface area contributed by atoms with Crippen LogP contribution in [0, 0.1) is 5.82 Å². The second-order valence-electron chi connectivity index (χ2n) is 9.48. The van der Waals surface area contributed by atoms with Crippen LogP contribution in [0.2, 0.25) is 0 Å². The average Bonchev–Trinajstić information content (AvgIpc) is 3.50. The Kier molecular flexibility index (Phi) is 10.3. The Morgan fingerprint density at radius 2 is 2.00 bits per heavy atom. The maximum absolute atomic E-state index is 13.5. The van der Waals surface area contributed by atoms with Crippen molar-refractivity contribution < 1.29 is 23.5 Å². The summed E-state index contributed by atoms with van der Waals surface area (Å²) in [5.41, 5.74) is 1.70. The molecule has 2 aromatic heterocycles. The number of carbonyl (C=O) groups excluding carboxylic acids is 3. The van der Waals surface area contributed by atoms with Crippen LogP contribution in [0.5, 0.6) is 0 Å². The van der Waals surface area contributed by atoms with Crippen LogP contribution in [0.25, 0.3) is 0 Å². The molecule has 1 aliphatic rings. The Bertz CT molecular complexity index is 1370. The fourth-order valence-corrected chi connectivity index (χ4v) is 6.64. The lowest BCUT2D eigenvalue weighted by atomic mass is 9.95.